The fourth-order valence-electron chi connectivity index (χ4n) is 2.23. The molecular formula is C18H23ClN4. The Morgan fingerprint density at radius 2 is 2.00 bits per heavy atom. The van der Waals surface area contributed by atoms with Gasteiger partial charge in [0.05, 0.1) is 0 Å². The molecule has 0 bridgehead atoms. The highest BCUT2D eigenvalue weighted by Crippen LogP contribution is 2.11. The van der Waals surface area contributed by atoms with Gasteiger partial charge in [-0.3, -0.25) is 9.98 Å². The minimum atomic E-state index is 0.713. The number of hydrogen-bond acceptors (Lipinski definition) is 2. The van der Waals surface area contributed by atoms with Crippen LogP contribution in [0, 0.1) is 0 Å². The maximum absolute atomic E-state index is 5.93. The molecule has 0 spiro atoms. The second kappa shape index (κ2) is 9.16. The first-order valence-electron chi connectivity index (χ1n) is 7.83. The van der Waals surface area contributed by atoms with Gasteiger partial charge in [0.15, 0.2) is 5.96 Å². The number of pyridine rings is 1. The molecule has 0 aliphatic carbocycles. The van der Waals surface area contributed by atoms with Gasteiger partial charge in [-0.05, 0) is 36.8 Å². The van der Waals surface area contributed by atoms with E-state index in [0.717, 1.165) is 36.2 Å². The van der Waals surface area contributed by atoms with E-state index in [1.54, 1.807) is 0 Å². The van der Waals surface area contributed by atoms with Crippen LogP contribution in [0.15, 0.2) is 53.7 Å². The molecule has 0 aliphatic rings. The van der Waals surface area contributed by atoms with Crippen molar-refractivity contribution in [2.75, 3.05) is 20.1 Å². The smallest absolute Gasteiger partial charge is 0.193 e. The molecule has 0 radical (unpaired) electrons. The Kier molecular flexibility index (Phi) is 6.88. The number of benzene rings is 1. The van der Waals surface area contributed by atoms with Crippen LogP contribution in [-0.2, 0) is 13.0 Å². The molecule has 4 nitrogen and oxygen atoms in total. The summed E-state index contributed by atoms with van der Waals surface area (Å²) in [5, 5.41) is 4.09. The summed E-state index contributed by atoms with van der Waals surface area (Å²) >= 11 is 5.93. The van der Waals surface area contributed by atoms with Crippen molar-refractivity contribution in [2.45, 2.75) is 19.9 Å². The van der Waals surface area contributed by atoms with Gasteiger partial charge in [-0.2, -0.15) is 0 Å². The Balaban J connectivity index is 1.95. The van der Waals surface area contributed by atoms with E-state index in [1.807, 2.05) is 55.7 Å². The molecule has 0 fully saturated rings. The molecular weight excluding hydrogens is 308 g/mol. The van der Waals surface area contributed by atoms with E-state index in [0.29, 0.717) is 6.54 Å². The summed E-state index contributed by atoms with van der Waals surface area (Å²) in [6, 6.07) is 13.9. The van der Waals surface area contributed by atoms with Gasteiger partial charge in [0, 0.05) is 50.0 Å². The molecule has 1 aromatic heterocycles. The first-order chi connectivity index (χ1) is 11.2. The lowest BCUT2D eigenvalue weighted by Gasteiger charge is -2.22. The van der Waals surface area contributed by atoms with Crippen molar-refractivity contribution in [1.82, 2.24) is 15.2 Å². The molecule has 2 rings (SSSR count). The third-order valence-corrected chi connectivity index (χ3v) is 3.64. The largest absolute Gasteiger partial charge is 0.357 e. The second-order valence-corrected chi connectivity index (χ2v) is 5.73. The maximum Gasteiger partial charge on any atom is 0.193 e. The van der Waals surface area contributed by atoms with Crippen molar-refractivity contribution in [3.63, 3.8) is 0 Å². The van der Waals surface area contributed by atoms with Gasteiger partial charge in [-0.25, -0.2) is 0 Å². The van der Waals surface area contributed by atoms with Gasteiger partial charge >= 0.3 is 0 Å². The first kappa shape index (κ1) is 17.3. The van der Waals surface area contributed by atoms with Crippen LogP contribution in [-0.4, -0.2) is 36.0 Å². The van der Waals surface area contributed by atoms with Crippen LogP contribution in [0.2, 0.25) is 5.02 Å². The van der Waals surface area contributed by atoms with Gasteiger partial charge in [0.1, 0.15) is 0 Å². The lowest BCUT2D eigenvalue weighted by Crippen LogP contribution is -2.38. The van der Waals surface area contributed by atoms with Gasteiger partial charge in [-0.15, -0.1) is 0 Å². The maximum atomic E-state index is 5.93. The SMILES string of the molecule is CCNC(=NCCc1ccccn1)N(C)Cc1ccc(Cl)cc1. The molecule has 1 heterocycles. The van der Waals surface area contributed by atoms with E-state index in [-0.39, 0.29) is 0 Å². The number of aliphatic imine (C=N–C) groups is 1. The highest BCUT2D eigenvalue weighted by molar-refractivity contribution is 6.30. The summed E-state index contributed by atoms with van der Waals surface area (Å²) in [7, 11) is 2.04. The van der Waals surface area contributed by atoms with E-state index in [9.17, 15) is 0 Å². The number of rotatable bonds is 6. The molecule has 2 aromatic rings. The standard InChI is InChI=1S/C18H23ClN4/c1-3-20-18(22-13-11-17-6-4-5-12-21-17)23(2)14-15-7-9-16(19)10-8-15/h4-10,12H,3,11,13-14H2,1-2H3,(H,20,22). The fourth-order valence-corrected chi connectivity index (χ4v) is 2.36. The van der Waals surface area contributed by atoms with E-state index in [2.05, 4.69) is 27.1 Å². The molecule has 5 heteroatoms. The Hall–Kier alpha value is -2.07. The van der Waals surface area contributed by atoms with E-state index < -0.39 is 0 Å². The summed E-state index contributed by atoms with van der Waals surface area (Å²) in [5.41, 5.74) is 2.26. The van der Waals surface area contributed by atoms with E-state index in [4.69, 9.17) is 11.6 Å². The molecule has 23 heavy (non-hydrogen) atoms. The molecule has 0 unspecified atom stereocenters. The van der Waals surface area contributed by atoms with E-state index >= 15 is 0 Å². The molecule has 0 saturated heterocycles. The van der Waals surface area contributed by atoms with Crippen molar-refractivity contribution in [3.8, 4) is 0 Å². The van der Waals surface area contributed by atoms with Crippen LogP contribution >= 0.6 is 11.6 Å². The Bertz CT molecular complexity index is 611. The first-order valence-corrected chi connectivity index (χ1v) is 8.20. The van der Waals surface area contributed by atoms with Crippen LogP contribution < -0.4 is 5.32 Å². The average molecular weight is 331 g/mol. The second-order valence-electron chi connectivity index (χ2n) is 5.29. The van der Waals surface area contributed by atoms with E-state index in [1.165, 1.54) is 5.56 Å². The van der Waals surface area contributed by atoms with Gasteiger partial charge in [-0.1, -0.05) is 29.8 Å². The number of halogens is 1. The zero-order valence-corrected chi connectivity index (χ0v) is 14.4. The predicted octanol–water partition coefficient (Wildman–Crippen LogP) is 3.38. The molecule has 0 amide bonds. The highest BCUT2D eigenvalue weighted by atomic mass is 35.5. The topological polar surface area (TPSA) is 40.5 Å². The number of guanidine groups is 1. The molecule has 0 saturated carbocycles. The Morgan fingerprint density at radius 3 is 2.65 bits per heavy atom. The van der Waals surface area contributed by atoms with Crippen LogP contribution in [0.25, 0.3) is 0 Å². The predicted molar refractivity (Wildman–Crippen MR) is 96.8 cm³/mol. The van der Waals surface area contributed by atoms with Crippen molar-refractivity contribution in [2.24, 2.45) is 4.99 Å². The number of nitrogens with one attached hydrogen (secondary N) is 1. The summed E-state index contributed by atoms with van der Waals surface area (Å²) in [6.07, 6.45) is 2.65. The fraction of sp³-hybridized carbons (Fsp3) is 0.333. The lowest BCUT2D eigenvalue weighted by molar-refractivity contribution is 0.477. The van der Waals surface area contributed by atoms with Crippen molar-refractivity contribution >= 4 is 17.6 Å². The summed E-state index contributed by atoms with van der Waals surface area (Å²) < 4.78 is 0. The average Bonchev–Trinajstić information content (AvgIpc) is 2.57. The van der Waals surface area contributed by atoms with Crippen LogP contribution in [0.5, 0.6) is 0 Å². The number of aromatic nitrogens is 1. The lowest BCUT2D eigenvalue weighted by atomic mass is 10.2. The highest BCUT2D eigenvalue weighted by Gasteiger charge is 2.06. The molecule has 1 aromatic carbocycles. The monoisotopic (exact) mass is 330 g/mol. The van der Waals surface area contributed by atoms with Gasteiger partial charge in [0.25, 0.3) is 0 Å². The van der Waals surface area contributed by atoms with Gasteiger partial charge < -0.3 is 10.2 Å². The zero-order chi connectivity index (χ0) is 16.5. The van der Waals surface area contributed by atoms with Crippen molar-refractivity contribution in [3.05, 3.63) is 64.9 Å². The van der Waals surface area contributed by atoms with Crippen molar-refractivity contribution in [1.29, 1.82) is 0 Å². The molecule has 0 aliphatic heterocycles. The van der Waals surface area contributed by atoms with Crippen LogP contribution in [0.3, 0.4) is 0 Å². The summed E-state index contributed by atoms with van der Waals surface area (Å²) in [4.78, 5) is 11.1. The van der Waals surface area contributed by atoms with Crippen LogP contribution in [0.1, 0.15) is 18.2 Å². The third kappa shape index (κ3) is 5.91. The minimum absolute atomic E-state index is 0.713. The van der Waals surface area contributed by atoms with Crippen molar-refractivity contribution < 1.29 is 0 Å². The number of nitrogens with zero attached hydrogens (tertiary/aromatic N) is 3. The quantitative estimate of drug-likeness (QED) is 0.652. The van der Waals surface area contributed by atoms with Crippen LogP contribution in [0.4, 0.5) is 0 Å². The van der Waals surface area contributed by atoms with Gasteiger partial charge in [0.2, 0.25) is 0 Å². The third-order valence-electron chi connectivity index (χ3n) is 3.39. The zero-order valence-electron chi connectivity index (χ0n) is 13.7. The Morgan fingerprint density at radius 1 is 1.22 bits per heavy atom. The molecule has 1 N–H and O–H groups in total. The molecule has 0 atom stereocenters. The number of hydrogen-bond donors (Lipinski definition) is 1. The summed E-state index contributed by atoms with van der Waals surface area (Å²) in [5.74, 6) is 0.901. The minimum Gasteiger partial charge on any atom is -0.357 e. The summed E-state index contributed by atoms with van der Waals surface area (Å²) in [6.45, 7) is 4.41. The Labute approximate surface area is 143 Å². The molecule has 122 valence electrons. The normalized spacial score (nSPS) is 11.3.